The normalized spacial score (nSPS) is 11.3. The molecule has 0 bridgehead atoms. The number of benzene rings is 9. The molecule has 1 heterocycles. The summed E-state index contributed by atoms with van der Waals surface area (Å²) in [5, 5.41) is 4.77. The number of hydrogen-bond acceptors (Lipinski definition) is 2. The molecule has 0 radical (unpaired) electrons. The van der Waals surface area contributed by atoms with Gasteiger partial charge in [0.15, 0.2) is 0 Å². The minimum Gasteiger partial charge on any atom is -0.455 e. The van der Waals surface area contributed by atoms with E-state index in [2.05, 4.69) is 205 Å². The van der Waals surface area contributed by atoms with Gasteiger partial charge < -0.3 is 9.32 Å². The van der Waals surface area contributed by atoms with Crippen LogP contribution in [0.2, 0.25) is 0 Å². The van der Waals surface area contributed by atoms with Crippen molar-refractivity contribution in [1.82, 2.24) is 0 Å². The highest BCUT2D eigenvalue weighted by molar-refractivity contribution is 6.09. The van der Waals surface area contributed by atoms with Crippen molar-refractivity contribution in [3.63, 3.8) is 0 Å². The van der Waals surface area contributed by atoms with Crippen LogP contribution in [0.4, 0.5) is 17.1 Å². The van der Waals surface area contributed by atoms with E-state index in [1.807, 2.05) is 12.1 Å². The zero-order valence-electron chi connectivity index (χ0n) is 29.6. The summed E-state index contributed by atoms with van der Waals surface area (Å²) in [6.07, 6.45) is 0. The molecule has 0 aliphatic carbocycles. The Labute approximate surface area is 314 Å². The van der Waals surface area contributed by atoms with Crippen LogP contribution >= 0.6 is 0 Å². The molecule has 1 aromatic heterocycles. The largest absolute Gasteiger partial charge is 0.455 e. The number of para-hydroxylation sites is 2. The van der Waals surface area contributed by atoms with Crippen LogP contribution in [0.15, 0.2) is 217 Å². The number of hydrogen-bond donors (Lipinski definition) is 0. The Kier molecular flexibility index (Phi) is 7.85. The Morgan fingerprint density at radius 1 is 0.296 bits per heavy atom. The van der Waals surface area contributed by atoms with Crippen molar-refractivity contribution in [2.75, 3.05) is 4.90 Å². The highest BCUT2D eigenvalue weighted by Crippen LogP contribution is 2.40. The lowest BCUT2D eigenvalue weighted by atomic mass is 9.97. The third-order valence-corrected chi connectivity index (χ3v) is 10.5. The minimum atomic E-state index is 0.907. The first-order chi connectivity index (χ1) is 26.8. The van der Waals surface area contributed by atoms with E-state index in [9.17, 15) is 0 Å². The molecule has 9 aromatic carbocycles. The van der Waals surface area contributed by atoms with Gasteiger partial charge in [-0.3, -0.25) is 0 Å². The monoisotopic (exact) mass is 689 g/mol. The molecular weight excluding hydrogens is 655 g/mol. The van der Waals surface area contributed by atoms with E-state index in [4.69, 9.17) is 4.42 Å². The fourth-order valence-corrected chi connectivity index (χ4v) is 7.79. The number of furan rings is 1. The topological polar surface area (TPSA) is 16.4 Å². The summed E-state index contributed by atoms with van der Waals surface area (Å²) in [6, 6.07) is 75.8. The second kappa shape index (κ2) is 13.4. The van der Waals surface area contributed by atoms with Crippen LogP contribution in [0.1, 0.15) is 0 Å². The highest BCUT2D eigenvalue weighted by Gasteiger charge is 2.16. The molecule has 0 amide bonds. The summed E-state index contributed by atoms with van der Waals surface area (Å²) in [7, 11) is 0. The van der Waals surface area contributed by atoms with E-state index >= 15 is 0 Å². The average Bonchev–Trinajstić information content (AvgIpc) is 3.64. The van der Waals surface area contributed by atoms with Crippen LogP contribution in [0.5, 0.6) is 0 Å². The third-order valence-electron chi connectivity index (χ3n) is 10.5. The maximum atomic E-state index is 6.40. The first-order valence-corrected chi connectivity index (χ1v) is 18.4. The van der Waals surface area contributed by atoms with Gasteiger partial charge >= 0.3 is 0 Å². The number of anilines is 3. The molecule has 0 atom stereocenters. The predicted octanol–water partition coefficient (Wildman–Crippen LogP) is 14.9. The molecule has 10 aromatic rings. The Hall–Kier alpha value is -7.16. The summed E-state index contributed by atoms with van der Waals surface area (Å²) in [6.45, 7) is 0. The Morgan fingerprint density at radius 3 is 1.46 bits per heavy atom. The van der Waals surface area contributed by atoms with Crippen LogP contribution in [0, 0.1) is 0 Å². The summed E-state index contributed by atoms with van der Waals surface area (Å²) in [4.78, 5) is 2.34. The van der Waals surface area contributed by atoms with Gasteiger partial charge in [0.05, 0.1) is 0 Å². The number of rotatable bonds is 7. The molecule has 0 aliphatic rings. The van der Waals surface area contributed by atoms with Crippen molar-refractivity contribution in [3.05, 3.63) is 212 Å². The molecule has 2 heteroatoms. The molecule has 10 rings (SSSR count). The van der Waals surface area contributed by atoms with Crippen LogP contribution in [0.3, 0.4) is 0 Å². The SMILES string of the molecule is c1ccc(-c2cccc(-c3ccc(N(c4ccc(-c5cccc6ccccc56)cc4)c4ccc(-c5cccc6c5oc5ccccc56)cc4)cc3)c2)cc1. The van der Waals surface area contributed by atoms with Crippen LogP contribution in [0.25, 0.3) is 77.2 Å². The van der Waals surface area contributed by atoms with Crippen molar-refractivity contribution >= 4 is 49.8 Å². The van der Waals surface area contributed by atoms with E-state index in [1.165, 1.54) is 44.2 Å². The van der Waals surface area contributed by atoms with Crippen molar-refractivity contribution in [1.29, 1.82) is 0 Å². The van der Waals surface area contributed by atoms with Gasteiger partial charge in [-0.15, -0.1) is 0 Å². The molecule has 0 N–H and O–H groups in total. The first kappa shape index (κ1) is 31.6. The molecule has 254 valence electrons. The van der Waals surface area contributed by atoms with E-state index in [-0.39, 0.29) is 0 Å². The quantitative estimate of drug-likeness (QED) is 0.166. The summed E-state index contributed by atoms with van der Waals surface area (Å²) >= 11 is 0. The Morgan fingerprint density at radius 2 is 0.759 bits per heavy atom. The van der Waals surface area contributed by atoms with E-state index in [1.54, 1.807) is 0 Å². The second-order valence-electron chi connectivity index (χ2n) is 13.7. The number of nitrogens with zero attached hydrogens (tertiary/aromatic N) is 1. The fourth-order valence-electron chi connectivity index (χ4n) is 7.79. The van der Waals surface area contributed by atoms with E-state index < -0.39 is 0 Å². The standard InChI is InChI=1S/C52H35NO/c1-2-11-36(12-3-1)41-15-8-16-42(35-41)37-23-29-43(30-24-37)53(44-31-25-39(26-32-44)47-19-9-14-38-13-4-5-17-46(38)47)45-33-27-40(28-34-45)48-20-10-21-50-49-18-6-7-22-51(49)54-52(48)50/h1-35H. The molecule has 0 spiro atoms. The van der Waals surface area contributed by atoms with Crippen LogP contribution < -0.4 is 4.90 Å². The Bertz CT molecular complexity index is 2900. The van der Waals surface area contributed by atoms with E-state index in [0.717, 1.165) is 50.1 Å². The third kappa shape index (κ3) is 5.71. The zero-order valence-corrected chi connectivity index (χ0v) is 29.6. The smallest absolute Gasteiger partial charge is 0.143 e. The van der Waals surface area contributed by atoms with E-state index in [0.29, 0.717) is 0 Å². The summed E-state index contributed by atoms with van der Waals surface area (Å²) in [5.41, 5.74) is 14.5. The second-order valence-corrected chi connectivity index (χ2v) is 13.7. The average molecular weight is 690 g/mol. The lowest BCUT2D eigenvalue weighted by Crippen LogP contribution is -2.09. The Balaban J connectivity index is 1.04. The maximum Gasteiger partial charge on any atom is 0.143 e. The van der Waals surface area contributed by atoms with Gasteiger partial charge in [0, 0.05) is 33.4 Å². The maximum absolute atomic E-state index is 6.40. The first-order valence-electron chi connectivity index (χ1n) is 18.4. The van der Waals surface area contributed by atoms with Gasteiger partial charge in [-0.1, -0.05) is 164 Å². The van der Waals surface area contributed by atoms with Gasteiger partial charge in [0.25, 0.3) is 0 Å². The van der Waals surface area contributed by atoms with Gasteiger partial charge in [-0.05, 0) is 98.2 Å². The van der Waals surface area contributed by atoms with Crippen LogP contribution in [-0.4, -0.2) is 0 Å². The fraction of sp³-hybridized carbons (Fsp3) is 0. The summed E-state index contributed by atoms with van der Waals surface area (Å²) in [5.74, 6) is 0. The predicted molar refractivity (Wildman–Crippen MR) is 228 cm³/mol. The van der Waals surface area contributed by atoms with Crippen LogP contribution in [-0.2, 0) is 0 Å². The molecule has 2 nitrogen and oxygen atoms in total. The van der Waals surface area contributed by atoms with Crippen molar-refractivity contribution in [2.45, 2.75) is 0 Å². The van der Waals surface area contributed by atoms with Gasteiger partial charge in [0.2, 0.25) is 0 Å². The van der Waals surface area contributed by atoms with Gasteiger partial charge in [0.1, 0.15) is 11.2 Å². The zero-order chi connectivity index (χ0) is 35.8. The molecule has 0 saturated heterocycles. The van der Waals surface area contributed by atoms with Crippen molar-refractivity contribution < 1.29 is 4.42 Å². The number of fused-ring (bicyclic) bond motifs is 4. The van der Waals surface area contributed by atoms with Crippen molar-refractivity contribution in [2.24, 2.45) is 0 Å². The van der Waals surface area contributed by atoms with Crippen molar-refractivity contribution in [3.8, 4) is 44.5 Å². The lowest BCUT2D eigenvalue weighted by Gasteiger charge is -2.26. The molecule has 0 aliphatic heterocycles. The molecular formula is C52H35NO. The summed E-state index contributed by atoms with van der Waals surface area (Å²) < 4.78 is 6.40. The lowest BCUT2D eigenvalue weighted by molar-refractivity contribution is 0.670. The highest BCUT2D eigenvalue weighted by atomic mass is 16.3. The molecule has 0 fully saturated rings. The minimum absolute atomic E-state index is 0.907. The van der Waals surface area contributed by atoms with Gasteiger partial charge in [-0.2, -0.15) is 0 Å². The van der Waals surface area contributed by atoms with Gasteiger partial charge in [-0.25, -0.2) is 0 Å². The molecule has 54 heavy (non-hydrogen) atoms. The molecule has 0 unspecified atom stereocenters. The molecule has 0 saturated carbocycles.